The Morgan fingerprint density at radius 1 is 1.32 bits per heavy atom. The highest BCUT2D eigenvalue weighted by Crippen LogP contribution is 2.23. The molecular formula is C15H21NO3. The molecule has 0 spiro atoms. The highest BCUT2D eigenvalue weighted by Gasteiger charge is 2.23. The van der Waals surface area contributed by atoms with Gasteiger partial charge in [0.1, 0.15) is 17.4 Å². The Balaban J connectivity index is 1.98. The van der Waals surface area contributed by atoms with Gasteiger partial charge < -0.3 is 14.7 Å². The summed E-state index contributed by atoms with van der Waals surface area (Å²) >= 11 is 0. The van der Waals surface area contributed by atoms with E-state index in [1.54, 1.807) is 18.2 Å². The zero-order valence-electron chi connectivity index (χ0n) is 11.5. The van der Waals surface area contributed by atoms with Crippen LogP contribution in [0.1, 0.15) is 37.0 Å². The Labute approximate surface area is 114 Å². The summed E-state index contributed by atoms with van der Waals surface area (Å²) in [4.78, 5) is 13.5. The number of hydrogen-bond acceptors (Lipinski definition) is 3. The predicted molar refractivity (Wildman–Crippen MR) is 73.8 cm³/mol. The van der Waals surface area contributed by atoms with Crippen molar-refractivity contribution >= 4 is 5.97 Å². The number of piperidine rings is 1. The van der Waals surface area contributed by atoms with Crippen LogP contribution in [-0.2, 0) is 0 Å². The smallest absolute Gasteiger partial charge is 0.339 e. The summed E-state index contributed by atoms with van der Waals surface area (Å²) in [5.74, 6) is -0.451. The molecule has 1 fully saturated rings. The normalized spacial score (nSPS) is 17.6. The van der Waals surface area contributed by atoms with Crippen LogP contribution in [0.5, 0.6) is 5.75 Å². The molecule has 1 aliphatic rings. The third kappa shape index (κ3) is 3.47. The topological polar surface area (TPSA) is 49.8 Å². The molecule has 1 aromatic rings. The zero-order valence-corrected chi connectivity index (χ0v) is 11.5. The molecule has 2 rings (SSSR count). The molecule has 1 aromatic carbocycles. The summed E-state index contributed by atoms with van der Waals surface area (Å²) in [6, 6.07) is 7.41. The first-order chi connectivity index (χ1) is 9.08. The molecule has 0 radical (unpaired) electrons. The van der Waals surface area contributed by atoms with Gasteiger partial charge in [-0.25, -0.2) is 4.79 Å². The first kappa shape index (κ1) is 13.9. The lowest BCUT2D eigenvalue weighted by Crippen LogP contribution is -2.41. The van der Waals surface area contributed by atoms with Gasteiger partial charge in [-0.05, 0) is 38.8 Å². The van der Waals surface area contributed by atoms with Gasteiger partial charge in [0.15, 0.2) is 0 Å². The fourth-order valence-electron chi connectivity index (χ4n) is 2.44. The second-order valence-electron chi connectivity index (χ2n) is 5.25. The second-order valence-corrected chi connectivity index (χ2v) is 5.25. The molecule has 19 heavy (non-hydrogen) atoms. The Morgan fingerprint density at radius 3 is 2.53 bits per heavy atom. The molecule has 0 aliphatic carbocycles. The molecule has 1 N–H and O–H groups in total. The van der Waals surface area contributed by atoms with Crippen molar-refractivity contribution in [3.8, 4) is 5.75 Å². The van der Waals surface area contributed by atoms with Gasteiger partial charge in [0.05, 0.1) is 0 Å². The quantitative estimate of drug-likeness (QED) is 0.907. The van der Waals surface area contributed by atoms with Crippen molar-refractivity contribution in [2.24, 2.45) is 0 Å². The summed E-state index contributed by atoms with van der Waals surface area (Å²) in [5, 5.41) is 9.12. The second kappa shape index (κ2) is 6.06. The van der Waals surface area contributed by atoms with Gasteiger partial charge in [-0.2, -0.15) is 0 Å². The number of aromatic carboxylic acids is 1. The van der Waals surface area contributed by atoms with Gasteiger partial charge in [-0.1, -0.05) is 12.1 Å². The fraction of sp³-hybridized carbons (Fsp3) is 0.533. The maximum absolute atomic E-state index is 11.1. The molecule has 1 aliphatic heterocycles. The van der Waals surface area contributed by atoms with Crippen LogP contribution in [0.3, 0.4) is 0 Å². The van der Waals surface area contributed by atoms with E-state index in [9.17, 15) is 4.79 Å². The highest BCUT2D eigenvalue weighted by atomic mass is 16.5. The van der Waals surface area contributed by atoms with Crippen LogP contribution in [0.25, 0.3) is 0 Å². The monoisotopic (exact) mass is 263 g/mol. The van der Waals surface area contributed by atoms with E-state index in [-0.39, 0.29) is 11.7 Å². The highest BCUT2D eigenvalue weighted by molar-refractivity contribution is 5.90. The van der Waals surface area contributed by atoms with Crippen LogP contribution in [-0.4, -0.2) is 41.2 Å². The number of carboxylic acid groups (broad SMARTS) is 1. The molecule has 0 saturated carbocycles. The number of carbonyl (C=O) groups is 1. The van der Waals surface area contributed by atoms with Crippen LogP contribution in [0.15, 0.2) is 24.3 Å². The van der Waals surface area contributed by atoms with Crippen molar-refractivity contribution in [1.82, 2.24) is 4.90 Å². The minimum atomic E-state index is -0.935. The van der Waals surface area contributed by atoms with E-state index in [1.807, 2.05) is 6.07 Å². The largest absolute Gasteiger partial charge is 0.489 e. The number of likely N-dealkylation sites (tertiary alicyclic amines) is 1. The third-order valence-electron chi connectivity index (χ3n) is 3.62. The van der Waals surface area contributed by atoms with E-state index in [4.69, 9.17) is 9.84 Å². The molecule has 4 heteroatoms. The Kier molecular flexibility index (Phi) is 4.43. The number of para-hydroxylation sites is 1. The van der Waals surface area contributed by atoms with E-state index >= 15 is 0 Å². The number of rotatable bonds is 4. The molecule has 0 aromatic heterocycles. The van der Waals surface area contributed by atoms with Gasteiger partial charge >= 0.3 is 5.97 Å². The van der Waals surface area contributed by atoms with Crippen molar-refractivity contribution in [2.75, 3.05) is 13.1 Å². The summed E-state index contributed by atoms with van der Waals surface area (Å²) in [6.45, 7) is 6.41. The lowest BCUT2D eigenvalue weighted by Gasteiger charge is -2.34. The minimum absolute atomic E-state index is 0.121. The maximum Gasteiger partial charge on any atom is 0.339 e. The first-order valence-electron chi connectivity index (χ1n) is 6.81. The van der Waals surface area contributed by atoms with E-state index in [0.29, 0.717) is 11.8 Å². The maximum atomic E-state index is 11.1. The molecule has 4 nitrogen and oxygen atoms in total. The zero-order chi connectivity index (χ0) is 13.8. The molecular weight excluding hydrogens is 242 g/mol. The van der Waals surface area contributed by atoms with Crippen molar-refractivity contribution in [2.45, 2.75) is 38.8 Å². The summed E-state index contributed by atoms with van der Waals surface area (Å²) in [7, 11) is 0. The van der Waals surface area contributed by atoms with Crippen molar-refractivity contribution in [3.05, 3.63) is 29.8 Å². The van der Waals surface area contributed by atoms with E-state index in [2.05, 4.69) is 18.7 Å². The first-order valence-corrected chi connectivity index (χ1v) is 6.81. The Hall–Kier alpha value is -1.55. The molecule has 0 amide bonds. The third-order valence-corrected chi connectivity index (χ3v) is 3.62. The average Bonchev–Trinajstić information content (AvgIpc) is 2.39. The lowest BCUT2D eigenvalue weighted by atomic mass is 10.1. The van der Waals surface area contributed by atoms with Crippen LogP contribution >= 0.6 is 0 Å². The number of ether oxygens (including phenoxy) is 1. The lowest BCUT2D eigenvalue weighted by molar-refractivity contribution is 0.0667. The molecule has 0 bridgehead atoms. The number of benzene rings is 1. The van der Waals surface area contributed by atoms with Crippen LogP contribution < -0.4 is 4.74 Å². The Bertz CT molecular complexity index is 437. The average molecular weight is 263 g/mol. The standard InChI is InChI=1S/C15H21NO3/c1-11(2)16-9-7-12(8-10-16)19-14-6-4-3-5-13(14)15(17)18/h3-6,11-12H,7-10H2,1-2H3,(H,17,18). The van der Waals surface area contributed by atoms with Crippen molar-refractivity contribution in [1.29, 1.82) is 0 Å². The van der Waals surface area contributed by atoms with Crippen LogP contribution in [0.2, 0.25) is 0 Å². The fourth-order valence-corrected chi connectivity index (χ4v) is 2.44. The molecule has 0 atom stereocenters. The number of carboxylic acids is 1. The Morgan fingerprint density at radius 2 is 1.95 bits per heavy atom. The molecule has 104 valence electrons. The van der Waals surface area contributed by atoms with Gasteiger partial charge in [-0.3, -0.25) is 0 Å². The molecule has 0 unspecified atom stereocenters. The van der Waals surface area contributed by atoms with Gasteiger partial charge in [0.25, 0.3) is 0 Å². The predicted octanol–water partition coefficient (Wildman–Crippen LogP) is 2.64. The van der Waals surface area contributed by atoms with E-state index in [0.717, 1.165) is 25.9 Å². The summed E-state index contributed by atoms with van der Waals surface area (Å²) in [6.07, 6.45) is 2.02. The van der Waals surface area contributed by atoms with Crippen molar-refractivity contribution in [3.63, 3.8) is 0 Å². The minimum Gasteiger partial charge on any atom is -0.489 e. The SMILES string of the molecule is CC(C)N1CCC(Oc2ccccc2C(=O)O)CC1. The summed E-state index contributed by atoms with van der Waals surface area (Å²) in [5.41, 5.74) is 0.244. The van der Waals surface area contributed by atoms with Gasteiger partial charge in [0, 0.05) is 19.1 Å². The van der Waals surface area contributed by atoms with Crippen molar-refractivity contribution < 1.29 is 14.6 Å². The van der Waals surface area contributed by atoms with Gasteiger partial charge in [0.2, 0.25) is 0 Å². The number of nitrogens with zero attached hydrogens (tertiary/aromatic N) is 1. The van der Waals surface area contributed by atoms with E-state index in [1.165, 1.54) is 0 Å². The van der Waals surface area contributed by atoms with Crippen LogP contribution in [0.4, 0.5) is 0 Å². The van der Waals surface area contributed by atoms with Gasteiger partial charge in [-0.15, -0.1) is 0 Å². The molecule has 1 saturated heterocycles. The number of hydrogen-bond donors (Lipinski definition) is 1. The van der Waals surface area contributed by atoms with E-state index < -0.39 is 5.97 Å². The molecule has 1 heterocycles. The van der Waals surface area contributed by atoms with Crippen LogP contribution in [0, 0.1) is 0 Å². The summed E-state index contributed by atoms with van der Waals surface area (Å²) < 4.78 is 5.87.